The third-order valence-electron chi connectivity index (χ3n) is 4.66. The molecule has 4 heteroatoms. The van der Waals surface area contributed by atoms with Crippen LogP contribution in [0.3, 0.4) is 0 Å². The summed E-state index contributed by atoms with van der Waals surface area (Å²) in [7, 11) is 0. The van der Waals surface area contributed by atoms with Gasteiger partial charge in [0.2, 0.25) is 5.91 Å². The number of hydrazone groups is 1. The van der Waals surface area contributed by atoms with Crippen LogP contribution in [0.4, 0.5) is 0 Å². The summed E-state index contributed by atoms with van der Waals surface area (Å²) in [5.41, 5.74) is 9.12. The molecule has 0 saturated carbocycles. The van der Waals surface area contributed by atoms with Gasteiger partial charge in [-0.3, -0.25) is 4.79 Å². The Morgan fingerprint density at radius 2 is 1.62 bits per heavy atom. The molecule has 29 heavy (non-hydrogen) atoms. The van der Waals surface area contributed by atoms with Gasteiger partial charge >= 0.3 is 0 Å². The van der Waals surface area contributed by atoms with E-state index in [-0.39, 0.29) is 5.91 Å². The lowest BCUT2D eigenvalue weighted by atomic mass is 10.0. The molecule has 0 saturated heterocycles. The molecule has 3 aromatic rings. The molecule has 0 heterocycles. The summed E-state index contributed by atoms with van der Waals surface area (Å²) < 4.78 is 5.80. The molecule has 0 bridgehead atoms. The lowest BCUT2D eigenvalue weighted by Gasteiger charge is -2.07. The maximum Gasteiger partial charge on any atom is 0.244 e. The van der Waals surface area contributed by atoms with E-state index < -0.39 is 0 Å². The minimum atomic E-state index is -0.131. The number of hydrogen-bond acceptors (Lipinski definition) is 3. The van der Waals surface area contributed by atoms with Crippen LogP contribution in [0.2, 0.25) is 0 Å². The predicted octanol–water partition coefficient (Wildman–Crippen LogP) is 4.88. The van der Waals surface area contributed by atoms with Crippen molar-refractivity contribution in [1.29, 1.82) is 0 Å². The minimum Gasteiger partial charge on any atom is -0.489 e. The average molecular weight is 386 g/mol. The Kier molecular flexibility index (Phi) is 6.80. The van der Waals surface area contributed by atoms with Crippen LogP contribution in [0.15, 0.2) is 71.8 Å². The largest absolute Gasteiger partial charge is 0.489 e. The zero-order valence-corrected chi connectivity index (χ0v) is 17.1. The highest BCUT2D eigenvalue weighted by Crippen LogP contribution is 2.14. The highest BCUT2D eigenvalue weighted by molar-refractivity contribution is 5.83. The molecule has 0 fully saturated rings. The molecule has 148 valence electrons. The second-order valence-electron chi connectivity index (χ2n) is 7.24. The molecule has 3 rings (SSSR count). The van der Waals surface area contributed by atoms with Gasteiger partial charge in [0.15, 0.2) is 0 Å². The normalized spacial score (nSPS) is 10.9. The zero-order valence-electron chi connectivity index (χ0n) is 17.1. The summed E-state index contributed by atoms with van der Waals surface area (Å²) in [6.07, 6.45) is 1.95. The first kappa shape index (κ1) is 20.3. The van der Waals surface area contributed by atoms with Crippen LogP contribution >= 0.6 is 0 Å². The van der Waals surface area contributed by atoms with E-state index in [1.807, 2.05) is 56.3 Å². The number of amides is 1. The highest BCUT2D eigenvalue weighted by Gasteiger charge is 2.05. The standard InChI is InChI=1S/C25H26N2O2/c1-18-5-8-22(9-6-18)17-29-24-12-10-21(11-13-24)16-26-27-25(28)15-23-14-19(2)4-7-20(23)3/h4-14,16H,15,17H2,1-3H3,(H,27,28)/b26-16+. The third kappa shape index (κ3) is 6.32. The molecular formula is C25H26N2O2. The Hall–Kier alpha value is -3.40. The van der Waals surface area contributed by atoms with Crippen molar-refractivity contribution in [3.05, 3.63) is 100 Å². The first-order valence-corrected chi connectivity index (χ1v) is 9.66. The average Bonchev–Trinajstić information content (AvgIpc) is 2.71. The molecular weight excluding hydrogens is 360 g/mol. The third-order valence-corrected chi connectivity index (χ3v) is 4.66. The first-order valence-electron chi connectivity index (χ1n) is 9.66. The van der Waals surface area contributed by atoms with Crippen LogP contribution < -0.4 is 10.2 Å². The molecule has 4 nitrogen and oxygen atoms in total. The van der Waals surface area contributed by atoms with Gasteiger partial charge in [0.1, 0.15) is 12.4 Å². The van der Waals surface area contributed by atoms with E-state index in [9.17, 15) is 4.79 Å². The van der Waals surface area contributed by atoms with Crippen LogP contribution in [0.5, 0.6) is 5.75 Å². The molecule has 0 aromatic heterocycles. The van der Waals surface area contributed by atoms with Crippen molar-refractivity contribution in [1.82, 2.24) is 5.43 Å². The number of carbonyl (C=O) groups excluding carboxylic acids is 1. The van der Waals surface area contributed by atoms with Crippen molar-refractivity contribution in [2.45, 2.75) is 33.8 Å². The van der Waals surface area contributed by atoms with Crippen LogP contribution in [0, 0.1) is 20.8 Å². The number of benzene rings is 3. The van der Waals surface area contributed by atoms with Crippen molar-refractivity contribution >= 4 is 12.1 Å². The van der Waals surface area contributed by atoms with Crippen LogP contribution in [-0.4, -0.2) is 12.1 Å². The van der Waals surface area contributed by atoms with E-state index in [0.717, 1.165) is 33.6 Å². The summed E-state index contributed by atoms with van der Waals surface area (Å²) >= 11 is 0. The Labute approximate surface area is 172 Å². The number of nitrogens with zero attached hydrogens (tertiary/aromatic N) is 1. The van der Waals surface area contributed by atoms with Gasteiger partial charge in [-0.15, -0.1) is 0 Å². The number of aryl methyl sites for hydroxylation is 3. The van der Waals surface area contributed by atoms with Gasteiger partial charge in [0.25, 0.3) is 0 Å². The second-order valence-corrected chi connectivity index (χ2v) is 7.24. The second kappa shape index (κ2) is 9.69. The van der Waals surface area contributed by atoms with Crippen molar-refractivity contribution in [2.24, 2.45) is 5.10 Å². The fourth-order valence-corrected chi connectivity index (χ4v) is 2.88. The van der Waals surface area contributed by atoms with Crippen LogP contribution in [0.25, 0.3) is 0 Å². The van der Waals surface area contributed by atoms with Crippen molar-refractivity contribution in [3.63, 3.8) is 0 Å². The molecule has 0 aliphatic rings. The number of nitrogens with one attached hydrogen (secondary N) is 1. The fraction of sp³-hybridized carbons (Fsp3) is 0.200. The van der Waals surface area contributed by atoms with Crippen molar-refractivity contribution in [3.8, 4) is 5.75 Å². The molecule has 3 aromatic carbocycles. The maximum atomic E-state index is 12.1. The van der Waals surface area contributed by atoms with E-state index in [4.69, 9.17) is 4.74 Å². The molecule has 0 atom stereocenters. The van der Waals surface area contributed by atoms with Gasteiger partial charge in [-0.25, -0.2) is 5.43 Å². The quantitative estimate of drug-likeness (QED) is 0.465. The van der Waals surface area contributed by atoms with Gasteiger partial charge in [0.05, 0.1) is 12.6 Å². The number of ether oxygens (including phenoxy) is 1. The SMILES string of the molecule is Cc1ccc(COc2ccc(/C=N/NC(=O)Cc3cc(C)ccc3C)cc2)cc1. The Morgan fingerprint density at radius 1 is 0.931 bits per heavy atom. The van der Waals surface area contributed by atoms with Crippen LogP contribution in [0.1, 0.15) is 33.4 Å². The monoisotopic (exact) mass is 386 g/mol. The summed E-state index contributed by atoms with van der Waals surface area (Å²) in [4.78, 5) is 12.1. The minimum absolute atomic E-state index is 0.131. The lowest BCUT2D eigenvalue weighted by Crippen LogP contribution is -2.20. The van der Waals surface area contributed by atoms with Gasteiger partial charge in [-0.1, -0.05) is 53.6 Å². The Morgan fingerprint density at radius 3 is 2.34 bits per heavy atom. The first-order chi connectivity index (χ1) is 14.0. The number of carbonyl (C=O) groups is 1. The smallest absolute Gasteiger partial charge is 0.244 e. The zero-order chi connectivity index (χ0) is 20.6. The van der Waals surface area contributed by atoms with Gasteiger partial charge in [-0.05, 0) is 67.3 Å². The molecule has 0 aliphatic heterocycles. The van der Waals surface area contributed by atoms with E-state index in [1.54, 1.807) is 6.21 Å². The summed E-state index contributed by atoms with van der Waals surface area (Å²) in [5, 5.41) is 4.06. The summed E-state index contributed by atoms with van der Waals surface area (Å²) in [5.74, 6) is 0.662. The Balaban J connectivity index is 1.48. The molecule has 0 spiro atoms. The van der Waals surface area contributed by atoms with Gasteiger partial charge < -0.3 is 4.74 Å². The summed E-state index contributed by atoms with van der Waals surface area (Å²) in [6.45, 7) is 6.63. The van der Waals surface area contributed by atoms with E-state index >= 15 is 0 Å². The molecule has 0 aliphatic carbocycles. The Bertz CT molecular complexity index is 990. The van der Waals surface area contributed by atoms with E-state index in [1.165, 1.54) is 5.56 Å². The van der Waals surface area contributed by atoms with Crippen molar-refractivity contribution < 1.29 is 9.53 Å². The van der Waals surface area contributed by atoms with Gasteiger partial charge in [-0.2, -0.15) is 5.10 Å². The summed E-state index contributed by atoms with van der Waals surface area (Å²) in [6, 6.07) is 22.0. The topological polar surface area (TPSA) is 50.7 Å². The number of rotatable bonds is 7. The molecule has 1 N–H and O–H groups in total. The molecule has 0 unspecified atom stereocenters. The number of hydrogen-bond donors (Lipinski definition) is 1. The van der Waals surface area contributed by atoms with Gasteiger partial charge in [0, 0.05) is 0 Å². The predicted molar refractivity (Wildman–Crippen MR) is 117 cm³/mol. The maximum absolute atomic E-state index is 12.1. The molecule has 0 radical (unpaired) electrons. The fourth-order valence-electron chi connectivity index (χ4n) is 2.88. The van der Waals surface area contributed by atoms with Crippen molar-refractivity contribution in [2.75, 3.05) is 0 Å². The van der Waals surface area contributed by atoms with E-state index in [0.29, 0.717) is 13.0 Å². The molecule has 1 amide bonds. The highest BCUT2D eigenvalue weighted by atomic mass is 16.5. The van der Waals surface area contributed by atoms with E-state index in [2.05, 4.69) is 41.7 Å². The lowest BCUT2D eigenvalue weighted by molar-refractivity contribution is -0.120. The van der Waals surface area contributed by atoms with Crippen LogP contribution in [-0.2, 0) is 17.8 Å².